The Kier molecular flexibility index (Phi) is 5.08. The molecule has 1 aromatic heterocycles. The lowest BCUT2D eigenvalue weighted by Gasteiger charge is -2.21. The van der Waals surface area contributed by atoms with E-state index in [9.17, 15) is 4.79 Å². The minimum Gasteiger partial charge on any atom is -0.370 e. The number of piperazine rings is 1. The van der Waals surface area contributed by atoms with Crippen LogP contribution in [-0.4, -0.2) is 41.8 Å². The third-order valence-electron chi connectivity index (χ3n) is 3.20. The lowest BCUT2D eigenvalue weighted by atomic mass is 10.1. The molecule has 2 atom stereocenters. The van der Waals surface area contributed by atoms with Crippen LogP contribution in [0.4, 0.5) is 0 Å². The van der Waals surface area contributed by atoms with E-state index in [1.54, 1.807) is 0 Å². The summed E-state index contributed by atoms with van der Waals surface area (Å²) >= 11 is 0. The Morgan fingerprint density at radius 1 is 1.45 bits per heavy atom. The van der Waals surface area contributed by atoms with E-state index in [0.717, 1.165) is 6.54 Å². The van der Waals surface area contributed by atoms with E-state index in [0.29, 0.717) is 31.3 Å². The van der Waals surface area contributed by atoms with Crippen LogP contribution in [0.15, 0.2) is 4.52 Å². The zero-order chi connectivity index (χ0) is 14.5. The third kappa shape index (κ3) is 3.55. The molecular weight excluding hydrogens is 260 g/mol. The van der Waals surface area contributed by atoms with Gasteiger partial charge < -0.3 is 19.9 Å². The molecule has 1 amide bonds. The molecule has 1 aliphatic rings. The standard InChI is InChI=1S/C13H22N4O3/c1-4-19-11(8(2)3)12-16-10(20-17-12)7-9-13(18)15-6-5-14-9/h8-9,11,14H,4-7H2,1-3H3,(H,15,18). The number of nitrogens with one attached hydrogen (secondary N) is 2. The molecule has 1 aromatic rings. The smallest absolute Gasteiger partial charge is 0.237 e. The Morgan fingerprint density at radius 2 is 2.25 bits per heavy atom. The summed E-state index contributed by atoms with van der Waals surface area (Å²) < 4.78 is 10.9. The number of ether oxygens (including phenoxy) is 1. The zero-order valence-corrected chi connectivity index (χ0v) is 12.2. The van der Waals surface area contributed by atoms with Crippen molar-refractivity contribution in [1.29, 1.82) is 0 Å². The van der Waals surface area contributed by atoms with Crippen molar-refractivity contribution in [3.05, 3.63) is 11.7 Å². The van der Waals surface area contributed by atoms with E-state index in [-0.39, 0.29) is 24.0 Å². The fourth-order valence-corrected chi connectivity index (χ4v) is 2.20. The highest BCUT2D eigenvalue weighted by Gasteiger charge is 2.26. The summed E-state index contributed by atoms with van der Waals surface area (Å²) in [5.41, 5.74) is 0. The molecule has 2 N–H and O–H groups in total. The number of hydrogen-bond donors (Lipinski definition) is 2. The van der Waals surface area contributed by atoms with Gasteiger partial charge in [-0.2, -0.15) is 4.98 Å². The Bertz CT molecular complexity index is 447. The highest BCUT2D eigenvalue weighted by atomic mass is 16.5. The first-order chi connectivity index (χ1) is 9.61. The maximum absolute atomic E-state index is 11.7. The third-order valence-corrected chi connectivity index (χ3v) is 3.20. The predicted molar refractivity (Wildman–Crippen MR) is 72.0 cm³/mol. The van der Waals surface area contributed by atoms with E-state index < -0.39 is 0 Å². The largest absolute Gasteiger partial charge is 0.370 e. The van der Waals surface area contributed by atoms with Gasteiger partial charge in [0.2, 0.25) is 17.6 Å². The van der Waals surface area contributed by atoms with Crippen LogP contribution < -0.4 is 10.6 Å². The molecule has 2 rings (SSSR count). The van der Waals surface area contributed by atoms with Crippen molar-refractivity contribution in [3.63, 3.8) is 0 Å². The second-order valence-corrected chi connectivity index (χ2v) is 5.17. The normalized spacial score (nSPS) is 21.0. The molecule has 0 bridgehead atoms. The molecule has 0 saturated carbocycles. The average Bonchev–Trinajstić information content (AvgIpc) is 2.86. The molecule has 0 aromatic carbocycles. The van der Waals surface area contributed by atoms with Gasteiger partial charge in [0.15, 0.2) is 0 Å². The van der Waals surface area contributed by atoms with Crippen LogP contribution >= 0.6 is 0 Å². The zero-order valence-electron chi connectivity index (χ0n) is 12.2. The summed E-state index contributed by atoms with van der Waals surface area (Å²) in [6, 6.07) is -0.304. The summed E-state index contributed by atoms with van der Waals surface area (Å²) in [4.78, 5) is 16.0. The maximum atomic E-state index is 11.7. The van der Waals surface area contributed by atoms with Gasteiger partial charge in [-0.15, -0.1) is 0 Å². The first-order valence-electron chi connectivity index (χ1n) is 7.07. The quantitative estimate of drug-likeness (QED) is 0.786. The van der Waals surface area contributed by atoms with Gasteiger partial charge in [-0.1, -0.05) is 19.0 Å². The van der Waals surface area contributed by atoms with Crippen LogP contribution in [0.25, 0.3) is 0 Å². The molecule has 0 aliphatic carbocycles. The highest BCUT2D eigenvalue weighted by molar-refractivity contribution is 5.82. The Labute approximate surface area is 118 Å². The topological polar surface area (TPSA) is 89.3 Å². The van der Waals surface area contributed by atoms with Crippen LogP contribution in [0.5, 0.6) is 0 Å². The van der Waals surface area contributed by atoms with E-state index in [4.69, 9.17) is 9.26 Å². The molecule has 2 heterocycles. The number of aromatic nitrogens is 2. The first-order valence-corrected chi connectivity index (χ1v) is 7.07. The minimum atomic E-state index is -0.304. The van der Waals surface area contributed by atoms with E-state index in [1.165, 1.54) is 0 Å². The summed E-state index contributed by atoms with van der Waals surface area (Å²) in [6.07, 6.45) is 0.223. The fourth-order valence-electron chi connectivity index (χ4n) is 2.20. The van der Waals surface area contributed by atoms with Crippen molar-refractivity contribution in [3.8, 4) is 0 Å². The van der Waals surface area contributed by atoms with Crippen molar-refractivity contribution < 1.29 is 14.1 Å². The molecule has 7 nitrogen and oxygen atoms in total. The highest BCUT2D eigenvalue weighted by Crippen LogP contribution is 2.23. The number of hydrogen-bond acceptors (Lipinski definition) is 6. The number of amides is 1. The van der Waals surface area contributed by atoms with Gasteiger partial charge in [-0.3, -0.25) is 4.79 Å². The molecule has 7 heteroatoms. The van der Waals surface area contributed by atoms with Crippen LogP contribution in [0.2, 0.25) is 0 Å². The summed E-state index contributed by atoms with van der Waals surface area (Å²) in [5, 5.41) is 9.91. The van der Waals surface area contributed by atoms with Crippen molar-refractivity contribution in [2.45, 2.75) is 39.3 Å². The molecular formula is C13H22N4O3. The monoisotopic (exact) mass is 282 g/mol. The average molecular weight is 282 g/mol. The minimum absolute atomic E-state index is 0.0267. The molecule has 1 fully saturated rings. The molecule has 1 saturated heterocycles. The Morgan fingerprint density at radius 3 is 2.90 bits per heavy atom. The van der Waals surface area contributed by atoms with Crippen LogP contribution in [0.1, 0.15) is 38.6 Å². The molecule has 20 heavy (non-hydrogen) atoms. The van der Waals surface area contributed by atoms with Crippen molar-refractivity contribution in [1.82, 2.24) is 20.8 Å². The van der Waals surface area contributed by atoms with Gasteiger partial charge >= 0.3 is 0 Å². The maximum Gasteiger partial charge on any atom is 0.237 e. The number of carbonyl (C=O) groups is 1. The van der Waals surface area contributed by atoms with Crippen molar-refractivity contribution >= 4 is 5.91 Å². The number of carbonyl (C=O) groups excluding carboxylic acids is 1. The van der Waals surface area contributed by atoms with Gasteiger partial charge in [0.05, 0.1) is 12.5 Å². The molecule has 1 aliphatic heterocycles. The lowest BCUT2D eigenvalue weighted by molar-refractivity contribution is -0.124. The SMILES string of the molecule is CCOC(c1noc(CC2NCCNC2=O)n1)C(C)C. The van der Waals surface area contributed by atoms with Gasteiger partial charge in [0.25, 0.3) is 0 Å². The van der Waals surface area contributed by atoms with Crippen molar-refractivity contribution in [2.75, 3.05) is 19.7 Å². The van der Waals surface area contributed by atoms with Crippen LogP contribution in [0, 0.1) is 5.92 Å². The van der Waals surface area contributed by atoms with Gasteiger partial charge in [-0.25, -0.2) is 0 Å². The molecule has 0 spiro atoms. The van der Waals surface area contributed by atoms with Crippen molar-refractivity contribution in [2.24, 2.45) is 5.92 Å². The van der Waals surface area contributed by atoms with Gasteiger partial charge in [0.1, 0.15) is 6.10 Å². The Balaban J connectivity index is 2.02. The van der Waals surface area contributed by atoms with E-state index >= 15 is 0 Å². The van der Waals surface area contributed by atoms with Crippen LogP contribution in [-0.2, 0) is 16.0 Å². The van der Waals surface area contributed by atoms with E-state index in [2.05, 4.69) is 20.8 Å². The van der Waals surface area contributed by atoms with E-state index in [1.807, 2.05) is 20.8 Å². The summed E-state index contributed by atoms with van der Waals surface area (Å²) in [6.45, 7) is 8.04. The Hall–Kier alpha value is -1.47. The van der Waals surface area contributed by atoms with Gasteiger partial charge in [0, 0.05) is 19.7 Å². The molecule has 112 valence electrons. The summed E-state index contributed by atoms with van der Waals surface area (Å²) in [7, 11) is 0. The van der Waals surface area contributed by atoms with Crippen LogP contribution in [0.3, 0.4) is 0 Å². The predicted octanol–water partition coefficient (Wildman–Crippen LogP) is 0.434. The van der Waals surface area contributed by atoms with Gasteiger partial charge in [-0.05, 0) is 12.8 Å². The number of rotatable bonds is 6. The second kappa shape index (κ2) is 6.81. The lowest BCUT2D eigenvalue weighted by Crippen LogP contribution is -2.53. The number of nitrogens with zero attached hydrogens (tertiary/aromatic N) is 2. The summed E-state index contributed by atoms with van der Waals surface area (Å²) in [5.74, 6) is 1.24. The fraction of sp³-hybridized carbons (Fsp3) is 0.769. The first kappa shape index (κ1) is 14.9. The molecule has 0 radical (unpaired) electrons. The second-order valence-electron chi connectivity index (χ2n) is 5.17. The molecule has 2 unspecified atom stereocenters.